The van der Waals surface area contributed by atoms with Crippen LogP contribution in [-0.4, -0.2) is 81.6 Å². The second kappa shape index (κ2) is 14.1. The van der Waals surface area contributed by atoms with Gasteiger partial charge < -0.3 is 14.8 Å². The van der Waals surface area contributed by atoms with Crippen LogP contribution in [0.1, 0.15) is 68.1 Å². The second-order valence-corrected chi connectivity index (χ2v) is 14.8. The number of hydrogen-bond acceptors (Lipinski definition) is 6. The fourth-order valence-corrected chi connectivity index (χ4v) is 9.57. The first-order chi connectivity index (χ1) is 20.7. The monoisotopic (exact) mass is 611 g/mol. The molecule has 1 N–H and O–H groups in total. The van der Waals surface area contributed by atoms with E-state index in [9.17, 15) is 13.2 Å². The van der Waals surface area contributed by atoms with Crippen molar-refractivity contribution in [1.29, 1.82) is 0 Å². The molecule has 8 nitrogen and oxygen atoms in total. The molecule has 0 bridgehead atoms. The van der Waals surface area contributed by atoms with Crippen molar-refractivity contribution in [2.75, 3.05) is 46.5 Å². The lowest BCUT2D eigenvalue weighted by molar-refractivity contribution is -0.127. The third-order valence-electron chi connectivity index (χ3n) is 9.77. The molecule has 1 saturated carbocycles. The van der Waals surface area contributed by atoms with Crippen LogP contribution in [-0.2, 0) is 26.0 Å². The Labute approximate surface area is 258 Å². The fraction of sp³-hybridized carbons (Fsp3) is 0.618. The molecule has 0 radical (unpaired) electrons. The van der Waals surface area contributed by atoms with Gasteiger partial charge in [-0.2, -0.15) is 4.31 Å². The molecule has 3 aliphatic rings. The summed E-state index contributed by atoms with van der Waals surface area (Å²) in [5.41, 5.74) is 2.96. The zero-order valence-corrected chi connectivity index (χ0v) is 27.0. The maximum atomic E-state index is 13.6. The summed E-state index contributed by atoms with van der Waals surface area (Å²) in [6, 6.07) is 14.5. The number of ether oxygens (including phenoxy) is 2. The lowest BCUT2D eigenvalue weighted by Crippen LogP contribution is -2.54. The summed E-state index contributed by atoms with van der Waals surface area (Å²) in [4.78, 5) is 15.9. The van der Waals surface area contributed by atoms with E-state index in [0.717, 1.165) is 44.9 Å². The normalized spacial score (nSPS) is 25.5. The van der Waals surface area contributed by atoms with E-state index >= 15 is 0 Å². The second-order valence-electron chi connectivity index (χ2n) is 12.9. The van der Waals surface area contributed by atoms with Crippen LogP contribution >= 0.6 is 0 Å². The molecular weight excluding hydrogens is 562 g/mol. The quantitative estimate of drug-likeness (QED) is 0.390. The molecular formula is C34H49N3O5S. The van der Waals surface area contributed by atoms with Gasteiger partial charge in [-0.15, -0.1) is 0 Å². The van der Waals surface area contributed by atoms with Crippen molar-refractivity contribution in [3.8, 4) is 5.75 Å². The summed E-state index contributed by atoms with van der Waals surface area (Å²) in [5, 5.41) is 3.23. The minimum atomic E-state index is -3.64. The molecule has 236 valence electrons. The van der Waals surface area contributed by atoms with Crippen LogP contribution in [0.4, 0.5) is 0 Å². The molecule has 43 heavy (non-hydrogen) atoms. The molecule has 2 aliphatic heterocycles. The minimum Gasteiger partial charge on any atom is -0.497 e. The summed E-state index contributed by atoms with van der Waals surface area (Å²) in [7, 11) is -2.05. The van der Waals surface area contributed by atoms with Gasteiger partial charge in [0, 0.05) is 24.7 Å². The summed E-state index contributed by atoms with van der Waals surface area (Å²) < 4.78 is 39.9. The van der Waals surface area contributed by atoms with Crippen molar-refractivity contribution in [1.82, 2.24) is 14.5 Å². The van der Waals surface area contributed by atoms with Crippen LogP contribution in [0.2, 0.25) is 0 Å². The molecule has 1 amide bonds. The Morgan fingerprint density at radius 2 is 1.65 bits per heavy atom. The Bertz CT molecular complexity index is 1310. The number of piperidine rings is 1. The van der Waals surface area contributed by atoms with Gasteiger partial charge in [-0.1, -0.05) is 30.3 Å². The van der Waals surface area contributed by atoms with Crippen LogP contribution in [0.3, 0.4) is 0 Å². The first kappa shape index (κ1) is 31.9. The van der Waals surface area contributed by atoms with Gasteiger partial charge in [0.1, 0.15) is 12.4 Å². The van der Waals surface area contributed by atoms with E-state index in [0.29, 0.717) is 41.5 Å². The highest BCUT2D eigenvalue weighted by atomic mass is 32.2. The number of carbonyl (C=O) groups is 1. The van der Waals surface area contributed by atoms with E-state index in [2.05, 4.69) is 40.5 Å². The van der Waals surface area contributed by atoms with Gasteiger partial charge in [0.25, 0.3) is 0 Å². The summed E-state index contributed by atoms with van der Waals surface area (Å²) >= 11 is 0. The van der Waals surface area contributed by atoms with E-state index in [1.807, 2.05) is 13.8 Å². The van der Waals surface area contributed by atoms with E-state index < -0.39 is 10.0 Å². The Morgan fingerprint density at radius 1 is 0.977 bits per heavy atom. The van der Waals surface area contributed by atoms with Crippen LogP contribution in [0.25, 0.3) is 0 Å². The number of nitrogens with one attached hydrogen (secondary N) is 1. The van der Waals surface area contributed by atoms with Crippen molar-refractivity contribution < 1.29 is 22.7 Å². The maximum absolute atomic E-state index is 13.6. The molecule has 3 fully saturated rings. The highest BCUT2D eigenvalue weighted by Gasteiger charge is 2.41. The molecule has 2 heterocycles. The maximum Gasteiger partial charge on any atom is 0.246 e. The number of amides is 1. The Morgan fingerprint density at radius 3 is 2.30 bits per heavy atom. The standard InChI is InChI=1S/C34H49N3O5S/c1-26-20-31(41-3)21-27(2)33(26)43(39,40)37-19-9-12-29(23-37)24-42-25-32(38)35-30-13-15-34(16-14-30,36-17-7-8-18-36)22-28-10-5-4-6-11-28/h4-6,10-11,20-21,29-30H,7-9,12-19,22-25H2,1-3H3,(H,35,38). The molecule has 1 unspecified atom stereocenters. The molecule has 9 heteroatoms. The summed E-state index contributed by atoms with van der Waals surface area (Å²) in [6.07, 6.45) is 9.43. The fourth-order valence-electron chi connectivity index (χ4n) is 7.60. The predicted molar refractivity (Wildman–Crippen MR) is 169 cm³/mol. The van der Waals surface area contributed by atoms with Gasteiger partial charge in [0.2, 0.25) is 15.9 Å². The minimum absolute atomic E-state index is 0.0116. The van der Waals surface area contributed by atoms with Gasteiger partial charge in [-0.25, -0.2) is 8.42 Å². The first-order valence-electron chi connectivity index (χ1n) is 16.0. The number of likely N-dealkylation sites (tertiary alicyclic amines) is 1. The molecule has 2 aromatic rings. The van der Waals surface area contributed by atoms with E-state index in [1.54, 1.807) is 23.5 Å². The van der Waals surface area contributed by atoms with E-state index in [-0.39, 0.29) is 30.0 Å². The largest absolute Gasteiger partial charge is 0.497 e. The van der Waals surface area contributed by atoms with Crippen molar-refractivity contribution >= 4 is 15.9 Å². The topological polar surface area (TPSA) is 88.2 Å². The number of aryl methyl sites for hydroxylation is 2. The predicted octanol–water partition coefficient (Wildman–Crippen LogP) is 4.87. The molecule has 1 aliphatic carbocycles. The molecule has 0 aromatic heterocycles. The van der Waals surface area contributed by atoms with Crippen LogP contribution in [0.15, 0.2) is 47.4 Å². The third-order valence-corrected chi connectivity index (χ3v) is 11.9. The van der Waals surface area contributed by atoms with Crippen LogP contribution in [0, 0.1) is 19.8 Å². The SMILES string of the molecule is COc1cc(C)c(S(=O)(=O)N2CCCC(COCC(=O)NC3CCC(Cc4ccccc4)(N4CCCC4)CC3)C2)c(C)c1. The lowest BCUT2D eigenvalue weighted by Gasteiger charge is -2.47. The van der Waals surface area contributed by atoms with Crippen molar-refractivity contribution in [2.24, 2.45) is 5.92 Å². The number of carbonyl (C=O) groups excluding carboxylic acids is 1. The van der Waals surface area contributed by atoms with Crippen molar-refractivity contribution in [3.05, 3.63) is 59.2 Å². The number of sulfonamides is 1. The molecule has 2 saturated heterocycles. The van der Waals surface area contributed by atoms with Gasteiger partial charge >= 0.3 is 0 Å². The average Bonchev–Trinajstić information content (AvgIpc) is 3.55. The highest BCUT2D eigenvalue weighted by Crippen LogP contribution is 2.39. The van der Waals surface area contributed by atoms with Crippen LogP contribution < -0.4 is 10.1 Å². The van der Waals surface area contributed by atoms with Crippen molar-refractivity contribution in [2.45, 2.75) is 88.1 Å². The number of methoxy groups -OCH3 is 1. The molecule has 1 atom stereocenters. The number of rotatable bonds is 11. The number of hydrogen-bond donors (Lipinski definition) is 1. The highest BCUT2D eigenvalue weighted by molar-refractivity contribution is 7.89. The zero-order valence-electron chi connectivity index (χ0n) is 26.1. The van der Waals surface area contributed by atoms with Gasteiger partial charge in [-0.3, -0.25) is 9.69 Å². The average molecular weight is 612 g/mol. The Hall–Kier alpha value is -2.46. The van der Waals surface area contributed by atoms with Gasteiger partial charge in [-0.05, 0) is 119 Å². The van der Waals surface area contributed by atoms with E-state index in [1.165, 1.54) is 31.5 Å². The van der Waals surface area contributed by atoms with E-state index in [4.69, 9.17) is 9.47 Å². The van der Waals surface area contributed by atoms with Crippen molar-refractivity contribution in [3.63, 3.8) is 0 Å². The van der Waals surface area contributed by atoms with Crippen LogP contribution in [0.5, 0.6) is 5.75 Å². The third kappa shape index (κ3) is 7.62. The zero-order chi connectivity index (χ0) is 30.5. The Kier molecular flexibility index (Phi) is 10.5. The summed E-state index contributed by atoms with van der Waals surface area (Å²) in [5.74, 6) is 0.638. The number of benzene rings is 2. The molecule has 5 rings (SSSR count). The number of nitrogens with zero attached hydrogens (tertiary/aromatic N) is 2. The Balaban J connectivity index is 1.09. The lowest BCUT2D eigenvalue weighted by atomic mass is 9.74. The molecule has 2 aromatic carbocycles. The van der Waals surface area contributed by atoms with Gasteiger partial charge in [0.15, 0.2) is 0 Å². The first-order valence-corrected chi connectivity index (χ1v) is 17.5. The summed E-state index contributed by atoms with van der Waals surface area (Å²) in [6.45, 7) is 7.26. The molecule has 0 spiro atoms. The smallest absolute Gasteiger partial charge is 0.246 e. The van der Waals surface area contributed by atoms with Gasteiger partial charge in [0.05, 0.1) is 18.6 Å².